The third-order valence-electron chi connectivity index (χ3n) is 5.43. The van der Waals surface area contributed by atoms with E-state index in [4.69, 9.17) is 23.2 Å². The Labute approximate surface area is 181 Å². The Morgan fingerprint density at radius 1 is 1.03 bits per heavy atom. The molecule has 0 spiro atoms. The number of nitrogens with zero attached hydrogens (tertiary/aromatic N) is 1. The third-order valence-corrected chi connectivity index (χ3v) is 5.99. The molecule has 3 rings (SSSR count). The molecule has 1 unspecified atom stereocenters. The van der Waals surface area contributed by atoms with E-state index < -0.39 is 0 Å². The van der Waals surface area contributed by atoms with Gasteiger partial charge in [-0.05, 0) is 67.6 Å². The summed E-state index contributed by atoms with van der Waals surface area (Å²) < 4.78 is 0. The minimum Gasteiger partial charge on any atom is -0.325 e. The quantitative estimate of drug-likeness (QED) is 0.637. The average Bonchev–Trinajstić information content (AvgIpc) is 2.71. The zero-order valence-corrected chi connectivity index (χ0v) is 18.1. The van der Waals surface area contributed by atoms with Crippen molar-refractivity contribution in [1.82, 2.24) is 4.90 Å². The largest absolute Gasteiger partial charge is 0.325 e. The second-order valence-electron chi connectivity index (χ2n) is 7.52. The fraction of sp³-hybridized carbons (Fsp3) is 0.364. The molecular formula is C22H25Cl2N3O2. The topological polar surface area (TPSA) is 61.4 Å². The van der Waals surface area contributed by atoms with E-state index >= 15 is 0 Å². The maximum atomic E-state index is 12.7. The molecule has 0 radical (unpaired) electrons. The number of piperidine rings is 1. The molecular weight excluding hydrogens is 409 g/mol. The maximum absolute atomic E-state index is 12.7. The number of amides is 3. The lowest BCUT2D eigenvalue weighted by Gasteiger charge is -2.34. The van der Waals surface area contributed by atoms with Crippen LogP contribution in [0.1, 0.15) is 25.3 Å². The summed E-state index contributed by atoms with van der Waals surface area (Å²) in [5.41, 5.74) is 2.39. The van der Waals surface area contributed by atoms with Crippen LogP contribution in [0.2, 0.25) is 10.0 Å². The number of hydrogen-bond acceptors (Lipinski definition) is 2. The minimum atomic E-state index is -0.158. The lowest BCUT2D eigenvalue weighted by atomic mass is 9.85. The molecule has 1 aliphatic rings. The zero-order valence-electron chi connectivity index (χ0n) is 16.5. The van der Waals surface area contributed by atoms with Crippen molar-refractivity contribution in [2.75, 3.05) is 23.7 Å². The van der Waals surface area contributed by atoms with Crippen LogP contribution < -0.4 is 10.6 Å². The highest BCUT2D eigenvalue weighted by Crippen LogP contribution is 2.28. The summed E-state index contributed by atoms with van der Waals surface area (Å²) >= 11 is 12.1. The van der Waals surface area contributed by atoms with E-state index in [1.807, 2.05) is 32.0 Å². The molecule has 154 valence electrons. The summed E-state index contributed by atoms with van der Waals surface area (Å²) in [7, 11) is 0. The van der Waals surface area contributed by atoms with E-state index in [2.05, 4.69) is 10.6 Å². The third kappa shape index (κ3) is 5.64. The van der Waals surface area contributed by atoms with Crippen molar-refractivity contribution in [3.63, 3.8) is 0 Å². The number of aryl methyl sites for hydroxylation is 1. The number of carbonyl (C=O) groups excluding carboxylic acids is 2. The van der Waals surface area contributed by atoms with Crippen molar-refractivity contribution in [1.29, 1.82) is 0 Å². The van der Waals surface area contributed by atoms with Crippen LogP contribution in [0.5, 0.6) is 0 Å². The molecule has 1 aliphatic heterocycles. The molecule has 29 heavy (non-hydrogen) atoms. The number of anilines is 2. The van der Waals surface area contributed by atoms with Gasteiger partial charge in [0.2, 0.25) is 5.91 Å². The Morgan fingerprint density at radius 3 is 2.31 bits per heavy atom. The summed E-state index contributed by atoms with van der Waals surface area (Å²) in [6.45, 7) is 5.13. The van der Waals surface area contributed by atoms with Gasteiger partial charge in [0.1, 0.15) is 0 Å². The molecule has 2 N–H and O–H groups in total. The molecule has 0 aromatic heterocycles. The molecule has 1 fully saturated rings. The number of benzene rings is 2. The molecule has 0 bridgehead atoms. The Hall–Kier alpha value is -2.24. The van der Waals surface area contributed by atoms with E-state index in [0.717, 1.165) is 18.4 Å². The Balaban J connectivity index is 1.50. The molecule has 1 heterocycles. The standard InChI is InChI=1S/C22H25Cl2N3O2/c1-14-3-8-20(19(24)13-14)26-21(28)15(2)16-9-11-27(12-10-16)22(29)25-18-6-4-17(23)5-7-18/h3-8,13,15-16H,9-12H2,1-2H3,(H,25,29)(H,26,28). The van der Waals surface area contributed by atoms with Crippen LogP contribution in [0.25, 0.3) is 0 Å². The second-order valence-corrected chi connectivity index (χ2v) is 8.37. The first-order valence-corrected chi connectivity index (χ1v) is 10.5. The highest BCUT2D eigenvalue weighted by molar-refractivity contribution is 6.33. The summed E-state index contributed by atoms with van der Waals surface area (Å²) in [4.78, 5) is 26.9. The first-order valence-electron chi connectivity index (χ1n) is 9.72. The van der Waals surface area contributed by atoms with Crippen molar-refractivity contribution in [2.24, 2.45) is 11.8 Å². The van der Waals surface area contributed by atoms with Crippen LogP contribution in [-0.4, -0.2) is 29.9 Å². The van der Waals surface area contributed by atoms with Crippen LogP contribution in [0.4, 0.5) is 16.2 Å². The predicted molar refractivity (Wildman–Crippen MR) is 119 cm³/mol. The molecule has 1 saturated heterocycles. The van der Waals surface area contributed by atoms with Crippen molar-refractivity contribution < 1.29 is 9.59 Å². The van der Waals surface area contributed by atoms with E-state index in [0.29, 0.717) is 34.5 Å². The summed E-state index contributed by atoms with van der Waals surface area (Å²) in [6, 6.07) is 12.5. The first-order chi connectivity index (χ1) is 13.8. The highest BCUT2D eigenvalue weighted by atomic mass is 35.5. The highest BCUT2D eigenvalue weighted by Gasteiger charge is 2.30. The second kappa shape index (κ2) is 9.51. The van der Waals surface area contributed by atoms with E-state index in [9.17, 15) is 9.59 Å². The number of hydrogen-bond donors (Lipinski definition) is 2. The number of rotatable bonds is 4. The average molecular weight is 434 g/mol. The van der Waals surface area contributed by atoms with Crippen LogP contribution in [0.3, 0.4) is 0 Å². The van der Waals surface area contributed by atoms with Crippen LogP contribution in [-0.2, 0) is 4.79 Å². The van der Waals surface area contributed by atoms with Crippen LogP contribution in [0, 0.1) is 18.8 Å². The normalized spacial score (nSPS) is 15.7. The van der Waals surface area contributed by atoms with Gasteiger partial charge < -0.3 is 15.5 Å². The first kappa shape index (κ1) is 21.5. The molecule has 7 heteroatoms. The van der Waals surface area contributed by atoms with Crippen molar-refractivity contribution in [3.05, 3.63) is 58.1 Å². The predicted octanol–water partition coefficient (Wildman–Crippen LogP) is 5.82. The molecule has 0 aliphatic carbocycles. The van der Waals surface area contributed by atoms with Gasteiger partial charge in [-0.2, -0.15) is 0 Å². The SMILES string of the molecule is Cc1ccc(NC(=O)C(C)C2CCN(C(=O)Nc3ccc(Cl)cc3)CC2)c(Cl)c1. The molecule has 1 atom stereocenters. The van der Waals surface area contributed by atoms with Crippen LogP contribution >= 0.6 is 23.2 Å². The molecule has 2 aromatic rings. The number of halogens is 2. The van der Waals surface area contributed by atoms with Gasteiger partial charge in [0.15, 0.2) is 0 Å². The summed E-state index contributed by atoms with van der Waals surface area (Å²) in [5.74, 6) is 0.0208. The lowest BCUT2D eigenvalue weighted by molar-refractivity contribution is -0.121. The van der Waals surface area contributed by atoms with Gasteiger partial charge in [-0.25, -0.2) is 4.79 Å². The van der Waals surface area contributed by atoms with Gasteiger partial charge in [0.05, 0.1) is 10.7 Å². The molecule has 2 aromatic carbocycles. The Morgan fingerprint density at radius 2 is 1.69 bits per heavy atom. The van der Waals surface area contributed by atoms with Gasteiger partial charge >= 0.3 is 6.03 Å². The Kier molecular flexibility index (Phi) is 7.04. The number of nitrogens with one attached hydrogen (secondary N) is 2. The summed E-state index contributed by atoms with van der Waals surface area (Å²) in [6.07, 6.45) is 1.56. The molecule has 0 saturated carbocycles. The van der Waals surface area contributed by atoms with Crippen molar-refractivity contribution in [2.45, 2.75) is 26.7 Å². The number of likely N-dealkylation sites (tertiary alicyclic amines) is 1. The smallest absolute Gasteiger partial charge is 0.321 e. The van der Waals surface area contributed by atoms with E-state index in [-0.39, 0.29) is 23.8 Å². The molecule has 3 amide bonds. The van der Waals surface area contributed by atoms with Crippen molar-refractivity contribution in [3.8, 4) is 0 Å². The van der Waals surface area contributed by atoms with Crippen LogP contribution in [0.15, 0.2) is 42.5 Å². The minimum absolute atomic E-state index is 0.0418. The van der Waals surface area contributed by atoms with Gasteiger partial charge in [-0.1, -0.05) is 36.2 Å². The lowest BCUT2D eigenvalue weighted by Crippen LogP contribution is -2.43. The van der Waals surface area contributed by atoms with Gasteiger partial charge in [0, 0.05) is 29.7 Å². The van der Waals surface area contributed by atoms with Gasteiger partial charge in [-0.15, -0.1) is 0 Å². The maximum Gasteiger partial charge on any atom is 0.321 e. The number of carbonyl (C=O) groups is 2. The van der Waals surface area contributed by atoms with E-state index in [1.165, 1.54) is 0 Å². The number of urea groups is 1. The zero-order chi connectivity index (χ0) is 21.0. The fourth-order valence-electron chi connectivity index (χ4n) is 3.52. The van der Waals surface area contributed by atoms with Gasteiger partial charge in [-0.3, -0.25) is 4.79 Å². The monoisotopic (exact) mass is 433 g/mol. The van der Waals surface area contributed by atoms with E-state index in [1.54, 1.807) is 29.2 Å². The fourth-order valence-corrected chi connectivity index (χ4v) is 3.93. The Bertz CT molecular complexity index is 878. The summed E-state index contributed by atoms with van der Waals surface area (Å²) in [5, 5.41) is 6.98. The molecule has 5 nitrogen and oxygen atoms in total. The van der Waals surface area contributed by atoms with Gasteiger partial charge in [0.25, 0.3) is 0 Å². The van der Waals surface area contributed by atoms with Crippen molar-refractivity contribution >= 4 is 46.5 Å².